The van der Waals surface area contributed by atoms with Crippen molar-refractivity contribution in [1.29, 1.82) is 0 Å². The van der Waals surface area contributed by atoms with Crippen LogP contribution in [0.15, 0.2) is 35.7 Å². The van der Waals surface area contributed by atoms with Gasteiger partial charge in [0, 0.05) is 37.4 Å². The number of aromatic nitrogens is 3. The van der Waals surface area contributed by atoms with Gasteiger partial charge >= 0.3 is 0 Å². The SMILES string of the molecule is O=C(NCCSc1ncn[nH]1)[C@@H]1CCC(=O)N(Cc2ccccc2F)C1. The third kappa shape index (κ3) is 4.81. The van der Waals surface area contributed by atoms with Crippen LogP contribution in [-0.2, 0) is 16.1 Å². The minimum atomic E-state index is -0.337. The number of rotatable bonds is 7. The molecule has 1 saturated heterocycles. The molecule has 2 N–H and O–H groups in total. The Kier molecular flexibility index (Phi) is 6.21. The number of benzene rings is 1. The summed E-state index contributed by atoms with van der Waals surface area (Å²) < 4.78 is 13.8. The van der Waals surface area contributed by atoms with Crippen molar-refractivity contribution in [3.05, 3.63) is 42.0 Å². The molecule has 1 aliphatic heterocycles. The van der Waals surface area contributed by atoms with Gasteiger partial charge in [0.1, 0.15) is 12.1 Å². The van der Waals surface area contributed by atoms with E-state index in [1.54, 1.807) is 23.1 Å². The van der Waals surface area contributed by atoms with Crippen LogP contribution in [0, 0.1) is 11.7 Å². The van der Waals surface area contributed by atoms with Gasteiger partial charge < -0.3 is 10.2 Å². The van der Waals surface area contributed by atoms with E-state index in [-0.39, 0.29) is 30.1 Å². The van der Waals surface area contributed by atoms with Gasteiger partial charge in [0.2, 0.25) is 11.8 Å². The number of carbonyl (C=O) groups excluding carboxylic acids is 2. The zero-order valence-corrected chi connectivity index (χ0v) is 15.0. The molecule has 26 heavy (non-hydrogen) atoms. The largest absolute Gasteiger partial charge is 0.355 e. The summed E-state index contributed by atoms with van der Waals surface area (Å²) in [6.07, 6.45) is 2.26. The smallest absolute Gasteiger partial charge is 0.224 e. The number of halogens is 1. The number of amides is 2. The van der Waals surface area contributed by atoms with Gasteiger partial charge in [-0.1, -0.05) is 30.0 Å². The number of hydrogen-bond acceptors (Lipinski definition) is 5. The maximum Gasteiger partial charge on any atom is 0.224 e. The molecule has 0 radical (unpaired) electrons. The van der Waals surface area contributed by atoms with Gasteiger partial charge in [0.05, 0.1) is 5.92 Å². The van der Waals surface area contributed by atoms with Crippen molar-refractivity contribution in [2.45, 2.75) is 24.5 Å². The summed E-state index contributed by atoms with van der Waals surface area (Å²) in [4.78, 5) is 30.0. The van der Waals surface area contributed by atoms with Crippen molar-refractivity contribution in [2.75, 3.05) is 18.8 Å². The molecule has 2 aromatic rings. The van der Waals surface area contributed by atoms with Crippen LogP contribution in [0.5, 0.6) is 0 Å². The topological polar surface area (TPSA) is 91.0 Å². The van der Waals surface area contributed by atoms with Crippen LogP contribution in [0.4, 0.5) is 4.39 Å². The van der Waals surface area contributed by atoms with Crippen LogP contribution < -0.4 is 5.32 Å². The Morgan fingerprint density at radius 2 is 2.27 bits per heavy atom. The summed E-state index contributed by atoms with van der Waals surface area (Å²) in [5, 5.41) is 10.1. The molecule has 0 unspecified atom stereocenters. The van der Waals surface area contributed by atoms with E-state index in [0.717, 1.165) is 0 Å². The molecular formula is C17H20FN5O2S. The second kappa shape index (κ2) is 8.79. The molecule has 9 heteroatoms. The third-order valence-electron chi connectivity index (χ3n) is 4.22. The van der Waals surface area contributed by atoms with Gasteiger partial charge in [0.15, 0.2) is 5.16 Å². The lowest BCUT2D eigenvalue weighted by molar-refractivity contribution is -0.138. The molecule has 3 rings (SSSR count). The number of H-pyrrole nitrogens is 1. The molecule has 2 heterocycles. The van der Waals surface area contributed by atoms with Gasteiger partial charge in [-0.15, -0.1) is 0 Å². The molecule has 1 aliphatic rings. The fourth-order valence-corrected chi connectivity index (χ4v) is 3.48. The Labute approximate surface area is 154 Å². The van der Waals surface area contributed by atoms with Crippen molar-refractivity contribution < 1.29 is 14.0 Å². The van der Waals surface area contributed by atoms with Crippen LogP contribution in [-0.4, -0.2) is 50.7 Å². The average molecular weight is 377 g/mol. The first kappa shape index (κ1) is 18.4. The second-order valence-corrected chi connectivity index (χ2v) is 7.12. The number of piperidine rings is 1. The van der Waals surface area contributed by atoms with Gasteiger partial charge in [-0.3, -0.25) is 14.7 Å². The predicted octanol–water partition coefficient (Wildman–Crippen LogP) is 1.59. The van der Waals surface area contributed by atoms with Crippen LogP contribution in [0.2, 0.25) is 0 Å². The molecule has 0 saturated carbocycles. The minimum Gasteiger partial charge on any atom is -0.355 e. The molecular weight excluding hydrogens is 357 g/mol. The maximum atomic E-state index is 13.8. The number of hydrogen-bond donors (Lipinski definition) is 2. The zero-order valence-electron chi connectivity index (χ0n) is 14.2. The molecule has 2 amide bonds. The molecule has 7 nitrogen and oxygen atoms in total. The van der Waals surface area contributed by atoms with Crippen molar-refractivity contribution in [3.63, 3.8) is 0 Å². The fraction of sp³-hybridized carbons (Fsp3) is 0.412. The Hall–Kier alpha value is -2.42. The first-order chi connectivity index (χ1) is 12.6. The van der Waals surface area contributed by atoms with Gasteiger partial charge in [-0.25, -0.2) is 9.37 Å². The first-order valence-corrected chi connectivity index (χ1v) is 9.39. The van der Waals surface area contributed by atoms with Crippen molar-refractivity contribution >= 4 is 23.6 Å². The third-order valence-corrected chi connectivity index (χ3v) is 5.10. The molecule has 1 aromatic heterocycles. The minimum absolute atomic E-state index is 0.0434. The second-order valence-electron chi connectivity index (χ2n) is 6.03. The molecule has 1 fully saturated rings. The van der Waals surface area contributed by atoms with E-state index in [2.05, 4.69) is 20.5 Å². The molecule has 138 valence electrons. The molecule has 1 aromatic carbocycles. The first-order valence-electron chi connectivity index (χ1n) is 8.40. The number of likely N-dealkylation sites (tertiary alicyclic amines) is 1. The number of nitrogens with zero attached hydrogens (tertiary/aromatic N) is 3. The molecule has 0 bridgehead atoms. The highest BCUT2D eigenvalue weighted by atomic mass is 32.2. The predicted molar refractivity (Wildman–Crippen MR) is 94.7 cm³/mol. The summed E-state index contributed by atoms with van der Waals surface area (Å²) in [6, 6.07) is 6.39. The normalized spacial score (nSPS) is 17.3. The monoisotopic (exact) mass is 377 g/mol. The van der Waals surface area contributed by atoms with E-state index in [9.17, 15) is 14.0 Å². The van der Waals surface area contributed by atoms with Gasteiger partial charge in [0.25, 0.3) is 0 Å². The lowest BCUT2D eigenvalue weighted by atomic mass is 9.96. The Balaban J connectivity index is 1.48. The Morgan fingerprint density at radius 3 is 3.04 bits per heavy atom. The van der Waals surface area contributed by atoms with Gasteiger partial charge in [-0.05, 0) is 12.5 Å². The van der Waals surface area contributed by atoms with E-state index < -0.39 is 0 Å². The highest BCUT2D eigenvalue weighted by Crippen LogP contribution is 2.21. The van der Waals surface area contributed by atoms with E-state index in [1.165, 1.54) is 24.2 Å². The van der Waals surface area contributed by atoms with Crippen molar-refractivity contribution in [3.8, 4) is 0 Å². The molecule has 0 spiro atoms. The lowest BCUT2D eigenvalue weighted by Crippen LogP contribution is -2.45. The van der Waals surface area contributed by atoms with Crippen molar-refractivity contribution in [1.82, 2.24) is 25.4 Å². The van der Waals surface area contributed by atoms with E-state index in [1.807, 2.05) is 0 Å². The molecule has 1 atom stereocenters. The quantitative estimate of drug-likeness (QED) is 0.565. The number of aromatic amines is 1. The van der Waals surface area contributed by atoms with E-state index in [4.69, 9.17) is 0 Å². The summed E-state index contributed by atoms with van der Waals surface area (Å²) in [5.74, 6) is -0.0515. The van der Waals surface area contributed by atoms with Crippen LogP contribution in [0.25, 0.3) is 0 Å². The zero-order chi connectivity index (χ0) is 18.4. The fourth-order valence-electron chi connectivity index (χ4n) is 2.84. The maximum absolute atomic E-state index is 13.8. The molecule has 0 aliphatic carbocycles. The lowest BCUT2D eigenvalue weighted by Gasteiger charge is -2.32. The summed E-state index contributed by atoms with van der Waals surface area (Å²) >= 11 is 1.47. The van der Waals surface area contributed by atoms with Crippen LogP contribution >= 0.6 is 11.8 Å². The van der Waals surface area contributed by atoms with Crippen molar-refractivity contribution in [2.24, 2.45) is 5.92 Å². The van der Waals surface area contributed by atoms with Crippen LogP contribution in [0.3, 0.4) is 0 Å². The average Bonchev–Trinajstić information content (AvgIpc) is 3.15. The summed E-state index contributed by atoms with van der Waals surface area (Å²) in [6.45, 7) is 1.01. The Morgan fingerprint density at radius 1 is 1.42 bits per heavy atom. The summed E-state index contributed by atoms with van der Waals surface area (Å²) in [5.41, 5.74) is 0.463. The number of carbonyl (C=O) groups is 2. The van der Waals surface area contributed by atoms with E-state index >= 15 is 0 Å². The highest BCUT2D eigenvalue weighted by Gasteiger charge is 2.30. The van der Waals surface area contributed by atoms with Gasteiger partial charge in [-0.2, -0.15) is 5.10 Å². The number of nitrogens with one attached hydrogen (secondary N) is 2. The standard InChI is InChI=1S/C17H20FN5O2S/c18-14-4-2-1-3-12(14)9-23-10-13(5-6-15(23)24)16(25)19-7-8-26-17-20-11-21-22-17/h1-4,11,13H,5-10H2,(H,19,25)(H,20,21,22)/t13-/m1/s1. The highest BCUT2D eigenvalue weighted by molar-refractivity contribution is 7.99. The Bertz CT molecular complexity index is 755. The summed E-state index contributed by atoms with van der Waals surface area (Å²) in [7, 11) is 0. The van der Waals surface area contributed by atoms with E-state index in [0.29, 0.717) is 42.4 Å². The number of thioether (sulfide) groups is 1. The van der Waals surface area contributed by atoms with Crippen LogP contribution in [0.1, 0.15) is 18.4 Å².